The van der Waals surface area contributed by atoms with E-state index < -0.39 is 22.2 Å². The zero-order valence-electron chi connectivity index (χ0n) is 16.0. The van der Waals surface area contributed by atoms with Gasteiger partial charge in [0.15, 0.2) is 9.84 Å². The van der Waals surface area contributed by atoms with Crippen LogP contribution in [0.15, 0.2) is 33.3 Å². The van der Waals surface area contributed by atoms with Crippen molar-refractivity contribution in [3.05, 3.63) is 40.4 Å². The second-order valence-electron chi connectivity index (χ2n) is 7.74. The maximum atomic E-state index is 12.6. The van der Waals surface area contributed by atoms with Gasteiger partial charge in [-0.25, -0.2) is 8.42 Å². The summed E-state index contributed by atoms with van der Waals surface area (Å²) in [5.74, 6) is 1.39. The number of sulfone groups is 1. The minimum absolute atomic E-state index is 0.0718. The Bertz CT molecular complexity index is 851. The maximum Gasteiger partial charge on any atom is 0.456 e. The molecule has 2 atom stereocenters. The Morgan fingerprint density at radius 2 is 2.15 bits per heavy atom. The second kappa shape index (κ2) is 7.95. The molecule has 3 rings (SSSR count). The minimum atomic E-state index is -3.26. The summed E-state index contributed by atoms with van der Waals surface area (Å²) in [6.07, 6.45) is 2.93. The fraction of sp³-hybridized carbons (Fsp3) is 0.579. The molecule has 3 heterocycles. The van der Waals surface area contributed by atoms with Gasteiger partial charge >= 0.3 is 7.12 Å². The lowest BCUT2D eigenvalue weighted by molar-refractivity contribution is 0.169. The molecule has 0 aliphatic carbocycles. The normalized spacial score (nSPS) is 25.4. The molecule has 0 bridgehead atoms. The van der Waals surface area contributed by atoms with E-state index in [9.17, 15) is 13.4 Å². The standard InChI is InChI=1S/C19H27BO6S/c1-12(2)16-11-27(23,24)18-9-20(22)26-17(19(16)18)7-4-13(3)8-14-5-6-15(10-21)25-14/h5-6,8,12,17-18,21-22H,4,7,9-11H2,1-3H3/b13-8+/t17-,18+/m1/s1. The van der Waals surface area contributed by atoms with E-state index in [1.807, 2.05) is 26.8 Å². The van der Waals surface area contributed by atoms with Gasteiger partial charge < -0.3 is 19.2 Å². The van der Waals surface area contributed by atoms with Gasteiger partial charge in [-0.05, 0) is 55.0 Å². The van der Waals surface area contributed by atoms with E-state index in [1.54, 1.807) is 12.1 Å². The van der Waals surface area contributed by atoms with Gasteiger partial charge in [0, 0.05) is 6.32 Å². The largest absolute Gasteiger partial charge is 0.459 e. The van der Waals surface area contributed by atoms with Gasteiger partial charge in [0.25, 0.3) is 0 Å². The van der Waals surface area contributed by atoms with Crippen molar-refractivity contribution >= 4 is 23.0 Å². The van der Waals surface area contributed by atoms with E-state index in [2.05, 4.69) is 0 Å². The monoisotopic (exact) mass is 394 g/mol. The van der Waals surface area contributed by atoms with Crippen LogP contribution < -0.4 is 0 Å². The van der Waals surface area contributed by atoms with Crippen LogP contribution in [0.4, 0.5) is 0 Å². The number of aliphatic hydroxyl groups excluding tert-OH is 1. The zero-order chi connectivity index (χ0) is 19.8. The fourth-order valence-corrected chi connectivity index (χ4v) is 6.23. The Labute approximate surface area is 161 Å². The molecule has 2 N–H and O–H groups in total. The molecule has 0 amide bonds. The smallest absolute Gasteiger partial charge is 0.456 e. The second-order valence-corrected chi connectivity index (χ2v) is 9.92. The molecule has 0 saturated carbocycles. The molecule has 0 spiro atoms. The topological polar surface area (TPSA) is 97.0 Å². The molecule has 2 aliphatic heterocycles. The predicted molar refractivity (Wildman–Crippen MR) is 105 cm³/mol. The third-order valence-electron chi connectivity index (χ3n) is 5.32. The highest BCUT2D eigenvalue weighted by Gasteiger charge is 2.48. The lowest BCUT2D eigenvalue weighted by Gasteiger charge is -2.32. The van der Waals surface area contributed by atoms with Gasteiger partial charge in [0.1, 0.15) is 18.1 Å². The first-order valence-corrected chi connectivity index (χ1v) is 11.1. The molecule has 1 saturated heterocycles. The highest BCUT2D eigenvalue weighted by Crippen LogP contribution is 2.41. The van der Waals surface area contributed by atoms with Crippen molar-refractivity contribution in [1.82, 2.24) is 0 Å². The minimum Gasteiger partial charge on any atom is -0.459 e. The number of furan rings is 1. The quantitative estimate of drug-likeness (QED) is 0.569. The number of hydrogen-bond donors (Lipinski definition) is 2. The Hall–Kier alpha value is -1.35. The molecule has 0 radical (unpaired) electrons. The van der Waals surface area contributed by atoms with E-state index >= 15 is 0 Å². The van der Waals surface area contributed by atoms with Gasteiger partial charge in [-0.1, -0.05) is 19.4 Å². The van der Waals surface area contributed by atoms with E-state index in [-0.39, 0.29) is 30.7 Å². The molecule has 1 aromatic heterocycles. The molecule has 6 nitrogen and oxygen atoms in total. The molecular formula is C19H27BO6S. The molecule has 0 aromatic carbocycles. The lowest BCUT2D eigenvalue weighted by Crippen LogP contribution is -2.42. The summed E-state index contributed by atoms with van der Waals surface area (Å²) in [6, 6.07) is 3.53. The summed E-state index contributed by atoms with van der Waals surface area (Å²) in [5, 5.41) is 18.5. The zero-order valence-corrected chi connectivity index (χ0v) is 16.8. The van der Waals surface area contributed by atoms with Crippen LogP contribution in [-0.2, 0) is 21.1 Å². The Kier molecular flexibility index (Phi) is 6.00. The number of fused-ring (bicyclic) bond motifs is 1. The van der Waals surface area contributed by atoms with E-state index in [0.29, 0.717) is 24.4 Å². The molecular weight excluding hydrogens is 367 g/mol. The van der Waals surface area contributed by atoms with Crippen LogP contribution in [0.1, 0.15) is 45.1 Å². The van der Waals surface area contributed by atoms with Crippen molar-refractivity contribution in [1.29, 1.82) is 0 Å². The summed E-state index contributed by atoms with van der Waals surface area (Å²) >= 11 is 0. The first-order chi connectivity index (χ1) is 12.7. The molecule has 8 heteroatoms. The highest BCUT2D eigenvalue weighted by molar-refractivity contribution is 7.92. The molecule has 2 aliphatic rings. The molecule has 1 aromatic rings. The van der Waals surface area contributed by atoms with E-state index in [1.165, 1.54) is 0 Å². The number of allylic oxidation sites excluding steroid dienone is 1. The van der Waals surface area contributed by atoms with Crippen molar-refractivity contribution in [3.63, 3.8) is 0 Å². The Balaban J connectivity index is 1.77. The molecule has 148 valence electrons. The number of aliphatic hydroxyl groups is 1. The van der Waals surface area contributed by atoms with Crippen LogP contribution in [0, 0.1) is 5.92 Å². The third kappa shape index (κ3) is 4.40. The molecule has 27 heavy (non-hydrogen) atoms. The SMILES string of the molecule is C/C(=C\c1ccc(CO)o1)CC[C@H]1OB(O)C[C@H]2C1=C(C(C)C)CS2(=O)=O. The lowest BCUT2D eigenvalue weighted by atomic mass is 9.74. The van der Waals surface area contributed by atoms with Crippen LogP contribution in [0.25, 0.3) is 6.08 Å². The Morgan fingerprint density at radius 3 is 2.78 bits per heavy atom. The van der Waals surface area contributed by atoms with E-state index in [4.69, 9.17) is 14.2 Å². The van der Waals surface area contributed by atoms with Crippen molar-refractivity contribution in [2.45, 2.75) is 57.9 Å². The van der Waals surface area contributed by atoms with Crippen LogP contribution in [0.3, 0.4) is 0 Å². The fourth-order valence-electron chi connectivity index (χ4n) is 3.94. The summed E-state index contributed by atoms with van der Waals surface area (Å²) in [7, 11) is -4.31. The van der Waals surface area contributed by atoms with Crippen molar-refractivity contribution in [3.8, 4) is 0 Å². The summed E-state index contributed by atoms with van der Waals surface area (Å²) in [5.41, 5.74) is 2.86. The van der Waals surface area contributed by atoms with Gasteiger partial charge in [-0.15, -0.1) is 0 Å². The predicted octanol–water partition coefficient (Wildman–Crippen LogP) is 2.58. The van der Waals surface area contributed by atoms with Crippen molar-refractivity contribution in [2.24, 2.45) is 5.92 Å². The summed E-state index contributed by atoms with van der Waals surface area (Å²) < 4.78 is 36.3. The maximum absolute atomic E-state index is 12.6. The highest BCUT2D eigenvalue weighted by atomic mass is 32.2. The van der Waals surface area contributed by atoms with Crippen LogP contribution >= 0.6 is 0 Å². The Morgan fingerprint density at radius 1 is 1.41 bits per heavy atom. The van der Waals surface area contributed by atoms with E-state index in [0.717, 1.165) is 16.7 Å². The van der Waals surface area contributed by atoms with Crippen molar-refractivity contribution < 1.29 is 27.6 Å². The first-order valence-electron chi connectivity index (χ1n) is 9.36. The first kappa shape index (κ1) is 20.4. The average molecular weight is 394 g/mol. The van der Waals surface area contributed by atoms with Crippen LogP contribution in [0.2, 0.25) is 6.32 Å². The van der Waals surface area contributed by atoms with Crippen LogP contribution in [0.5, 0.6) is 0 Å². The number of hydrogen-bond acceptors (Lipinski definition) is 6. The number of rotatable bonds is 6. The molecule has 0 unspecified atom stereocenters. The van der Waals surface area contributed by atoms with Gasteiger partial charge in [0.05, 0.1) is 17.1 Å². The van der Waals surface area contributed by atoms with Gasteiger partial charge in [-0.2, -0.15) is 0 Å². The van der Waals surface area contributed by atoms with Gasteiger partial charge in [0.2, 0.25) is 0 Å². The van der Waals surface area contributed by atoms with Crippen LogP contribution in [-0.4, -0.2) is 42.8 Å². The summed E-state index contributed by atoms with van der Waals surface area (Å²) in [6.45, 7) is 5.84. The van der Waals surface area contributed by atoms with Crippen molar-refractivity contribution in [2.75, 3.05) is 5.75 Å². The third-order valence-corrected chi connectivity index (χ3v) is 7.34. The van der Waals surface area contributed by atoms with Gasteiger partial charge in [-0.3, -0.25) is 0 Å². The molecule has 1 fully saturated rings. The summed E-state index contributed by atoms with van der Waals surface area (Å²) in [4.78, 5) is 0. The average Bonchev–Trinajstić information content (AvgIpc) is 3.15.